The van der Waals surface area contributed by atoms with Crippen molar-refractivity contribution in [3.63, 3.8) is 0 Å². The van der Waals surface area contributed by atoms with E-state index in [1.54, 1.807) is 19.1 Å². The standard InChI is InChI=1S/C13H16N2O3S/c1-11-9-13(4-3-12(11)10-14)19(16,17)15-5-2-7-18-8-6-15/h3-4,9H,2,5-8H2,1H3. The molecule has 1 aromatic carbocycles. The van der Waals surface area contributed by atoms with E-state index in [4.69, 9.17) is 10.00 Å². The Morgan fingerprint density at radius 3 is 2.79 bits per heavy atom. The molecule has 19 heavy (non-hydrogen) atoms. The minimum Gasteiger partial charge on any atom is -0.380 e. The molecule has 0 atom stereocenters. The molecule has 0 N–H and O–H groups in total. The maximum atomic E-state index is 12.5. The molecule has 0 spiro atoms. The van der Waals surface area contributed by atoms with Crippen LogP contribution in [0.1, 0.15) is 17.5 Å². The first-order valence-electron chi connectivity index (χ1n) is 6.14. The third kappa shape index (κ3) is 2.95. The minimum atomic E-state index is -3.49. The zero-order valence-electron chi connectivity index (χ0n) is 10.8. The zero-order chi connectivity index (χ0) is 13.9. The summed E-state index contributed by atoms with van der Waals surface area (Å²) in [4.78, 5) is 0.242. The second kappa shape index (κ2) is 5.70. The van der Waals surface area contributed by atoms with Gasteiger partial charge in [-0.05, 0) is 37.1 Å². The van der Waals surface area contributed by atoms with Crippen molar-refractivity contribution in [1.29, 1.82) is 5.26 Å². The number of nitrogens with zero attached hydrogens (tertiary/aromatic N) is 2. The Bertz CT molecular complexity index is 597. The van der Waals surface area contributed by atoms with E-state index in [1.165, 1.54) is 10.4 Å². The van der Waals surface area contributed by atoms with Crippen LogP contribution in [0.4, 0.5) is 0 Å². The summed E-state index contributed by atoms with van der Waals surface area (Å²) in [5.74, 6) is 0. The molecule has 5 nitrogen and oxygen atoms in total. The second-order valence-corrected chi connectivity index (χ2v) is 6.40. The van der Waals surface area contributed by atoms with Crippen molar-refractivity contribution in [1.82, 2.24) is 4.31 Å². The summed E-state index contributed by atoms with van der Waals surface area (Å²) >= 11 is 0. The first kappa shape index (κ1) is 14.0. The van der Waals surface area contributed by atoms with Crippen LogP contribution in [0, 0.1) is 18.3 Å². The number of hydrogen-bond acceptors (Lipinski definition) is 4. The number of benzene rings is 1. The van der Waals surface area contributed by atoms with Gasteiger partial charge in [-0.3, -0.25) is 0 Å². The number of ether oxygens (including phenoxy) is 1. The van der Waals surface area contributed by atoms with Crippen molar-refractivity contribution in [2.24, 2.45) is 0 Å². The molecule has 1 aromatic rings. The lowest BCUT2D eigenvalue weighted by Crippen LogP contribution is -2.33. The van der Waals surface area contributed by atoms with Gasteiger partial charge >= 0.3 is 0 Å². The lowest BCUT2D eigenvalue weighted by atomic mass is 10.1. The Kier molecular flexibility index (Phi) is 4.20. The smallest absolute Gasteiger partial charge is 0.243 e. The van der Waals surface area contributed by atoms with Crippen LogP contribution in [0.25, 0.3) is 0 Å². The van der Waals surface area contributed by atoms with Crippen LogP contribution in [-0.4, -0.2) is 39.0 Å². The lowest BCUT2D eigenvalue weighted by molar-refractivity contribution is 0.148. The fourth-order valence-electron chi connectivity index (χ4n) is 2.03. The van der Waals surface area contributed by atoms with Crippen molar-refractivity contribution in [2.45, 2.75) is 18.2 Å². The van der Waals surface area contributed by atoms with E-state index >= 15 is 0 Å². The van der Waals surface area contributed by atoms with Crippen LogP contribution in [0.2, 0.25) is 0 Å². The molecule has 102 valence electrons. The average Bonchev–Trinajstić information content (AvgIpc) is 2.67. The van der Waals surface area contributed by atoms with Crippen molar-refractivity contribution >= 4 is 10.0 Å². The highest BCUT2D eigenvalue weighted by Crippen LogP contribution is 2.20. The van der Waals surface area contributed by atoms with Gasteiger partial charge in [-0.2, -0.15) is 9.57 Å². The van der Waals surface area contributed by atoms with Gasteiger partial charge in [-0.25, -0.2) is 8.42 Å². The fourth-order valence-corrected chi connectivity index (χ4v) is 3.58. The molecule has 1 fully saturated rings. The molecule has 0 bridgehead atoms. The number of rotatable bonds is 2. The Balaban J connectivity index is 2.33. The summed E-state index contributed by atoms with van der Waals surface area (Å²) in [6, 6.07) is 6.64. The minimum absolute atomic E-state index is 0.242. The maximum Gasteiger partial charge on any atom is 0.243 e. The van der Waals surface area contributed by atoms with Crippen molar-refractivity contribution in [3.05, 3.63) is 29.3 Å². The summed E-state index contributed by atoms with van der Waals surface area (Å²) in [7, 11) is -3.49. The quantitative estimate of drug-likeness (QED) is 0.818. The Morgan fingerprint density at radius 2 is 2.11 bits per heavy atom. The molecule has 2 rings (SSSR count). The highest BCUT2D eigenvalue weighted by molar-refractivity contribution is 7.89. The summed E-state index contributed by atoms with van der Waals surface area (Å²) in [5.41, 5.74) is 1.17. The van der Waals surface area contributed by atoms with Crippen molar-refractivity contribution < 1.29 is 13.2 Å². The summed E-state index contributed by atoms with van der Waals surface area (Å²) in [6.07, 6.45) is 0.703. The number of hydrogen-bond donors (Lipinski definition) is 0. The highest BCUT2D eigenvalue weighted by atomic mass is 32.2. The molecule has 0 unspecified atom stereocenters. The predicted molar refractivity (Wildman–Crippen MR) is 70.1 cm³/mol. The highest BCUT2D eigenvalue weighted by Gasteiger charge is 2.25. The Morgan fingerprint density at radius 1 is 1.32 bits per heavy atom. The summed E-state index contributed by atoms with van der Waals surface area (Å²) in [6.45, 7) is 3.61. The van der Waals surface area contributed by atoms with Crippen LogP contribution >= 0.6 is 0 Å². The van der Waals surface area contributed by atoms with Crippen LogP contribution in [0.3, 0.4) is 0 Å². The second-order valence-electron chi connectivity index (χ2n) is 4.46. The molecular formula is C13H16N2O3S. The van der Waals surface area contributed by atoms with E-state index in [-0.39, 0.29) is 4.90 Å². The van der Waals surface area contributed by atoms with Crippen molar-refractivity contribution in [2.75, 3.05) is 26.3 Å². The number of nitriles is 1. The number of aryl methyl sites for hydroxylation is 1. The van der Waals surface area contributed by atoms with E-state index in [0.29, 0.717) is 43.9 Å². The molecule has 0 aliphatic carbocycles. The zero-order valence-corrected chi connectivity index (χ0v) is 11.6. The van der Waals surface area contributed by atoms with E-state index in [0.717, 1.165) is 0 Å². The molecule has 1 saturated heterocycles. The van der Waals surface area contributed by atoms with Gasteiger partial charge in [0.15, 0.2) is 0 Å². The van der Waals surface area contributed by atoms with Crippen molar-refractivity contribution in [3.8, 4) is 6.07 Å². The van der Waals surface area contributed by atoms with E-state index < -0.39 is 10.0 Å². The Hall–Kier alpha value is -1.42. The fraction of sp³-hybridized carbons (Fsp3) is 0.462. The first-order valence-corrected chi connectivity index (χ1v) is 7.58. The first-order chi connectivity index (χ1) is 9.05. The van der Waals surface area contributed by atoms with Gasteiger partial charge in [0, 0.05) is 19.7 Å². The van der Waals surface area contributed by atoms with Gasteiger partial charge in [0.25, 0.3) is 0 Å². The van der Waals surface area contributed by atoms with Gasteiger partial charge in [-0.15, -0.1) is 0 Å². The predicted octanol–water partition coefficient (Wildman–Crippen LogP) is 1.28. The average molecular weight is 280 g/mol. The molecule has 0 radical (unpaired) electrons. The molecule has 1 heterocycles. The van der Waals surface area contributed by atoms with E-state index in [1.807, 2.05) is 6.07 Å². The van der Waals surface area contributed by atoms with E-state index in [2.05, 4.69) is 0 Å². The summed E-state index contributed by atoms with van der Waals surface area (Å²) in [5, 5.41) is 8.87. The third-order valence-electron chi connectivity index (χ3n) is 3.14. The molecule has 0 saturated carbocycles. The molecule has 0 amide bonds. The molecule has 0 aromatic heterocycles. The topological polar surface area (TPSA) is 70.4 Å². The number of sulfonamides is 1. The van der Waals surface area contributed by atoms with Gasteiger partial charge in [-0.1, -0.05) is 0 Å². The van der Waals surface area contributed by atoms with Gasteiger partial charge in [0.05, 0.1) is 23.1 Å². The SMILES string of the molecule is Cc1cc(S(=O)(=O)N2CCCOCC2)ccc1C#N. The maximum absolute atomic E-state index is 12.5. The van der Waals surface area contributed by atoms with Crippen LogP contribution in [-0.2, 0) is 14.8 Å². The molecule has 1 aliphatic heterocycles. The van der Waals surface area contributed by atoms with E-state index in [9.17, 15) is 8.42 Å². The molecule has 1 aliphatic rings. The molecular weight excluding hydrogens is 264 g/mol. The Labute approximate surface area is 113 Å². The normalized spacial score (nSPS) is 17.7. The molecule has 6 heteroatoms. The van der Waals surface area contributed by atoms with Crippen LogP contribution in [0.15, 0.2) is 23.1 Å². The lowest BCUT2D eigenvalue weighted by Gasteiger charge is -2.19. The van der Waals surface area contributed by atoms with Crippen LogP contribution in [0.5, 0.6) is 0 Å². The monoisotopic (exact) mass is 280 g/mol. The van der Waals surface area contributed by atoms with Gasteiger partial charge < -0.3 is 4.74 Å². The van der Waals surface area contributed by atoms with Crippen LogP contribution < -0.4 is 0 Å². The third-order valence-corrected chi connectivity index (χ3v) is 5.03. The van der Waals surface area contributed by atoms with Gasteiger partial charge in [0.2, 0.25) is 10.0 Å². The van der Waals surface area contributed by atoms with Gasteiger partial charge in [0.1, 0.15) is 0 Å². The summed E-state index contributed by atoms with van der Waals surface area (Å²) < 4.78 is 31.7. The largest absolute Gasteiger partial charge is 0.380 e.